The van der Waals surface area contributed by atoms with Crippen LogP contribution in [0.1, 0.15) is 22.5 Å². The van der Waals surface area contributed by atoms with Crippen LogP contribution < -0.4 is 9.47 Å². The normalized spacial score (nSPS) is 23.5. The maximum atomic E-state index is 13.3. The van der Waals surface area contributed by atoms with Crippen LogP contribution in [-0.4, -0.2) is 82.9 Å². The van der Waals surface area contributed by atoms with Gasteiger partial charge in [0.25, 0.3) is 5.91 Å². The van der Waals surface area contributed by atoms with E-state index in [0.29, 0.717) is 18.7 Å². The summed E-state index contributed by atoms with van der Waals surface area (Å²) in [6.45, 7) is -0.599. The summed E-state index contributed by atoms with van der Waals surface area (Å²) >= 11 is 0. The highest BCUT2D eigenvalue weighted by molar-refractivity contribution is 6.38. The van der Waals surface area contributed by atoms with Gasteiger partial charge in [-0.3, -0.25) is 14.5 Å². The lowest BCUT2D eigenvalue weighted by Gasteiger charge is -2.41. The van der Waals surface area contributed by atoms with E-state index in [0.717, 1.165) is 0 Å². The molecule has 8 nitrogen and oxygen atoms in total. The molecule has 2 aliphatic rings. The highest BCUT2D eigenvalue weighted by atomic mass is 19.4. The van der Waals surface area contributed by atoms with Gasteiger partial charge in [0, 0.05) is 24.7 Å². The number of likely N-dealkylation sites (tertiary alicyclic amines) is 1. The van der Waals surface area contributed by atoms with Crippen LogP contribution in [0.15, 0.2) is 42.6 Å². The molecule has 1 unspecified atom stereocenters. The highest BCUT2D eigenvalue weighted by Gasteiger charge is 2.57. The van der Waals surface area contributed by atoms with Crippen molar-refractivity contribution in [2.45, 2.75) is 30.1 Å². The van der Waals surface area contributed by atoms with Gasteiger partial charge in [0.15, 0.2) is 11.5 Å². The summed E-state index contributed by atoms with van der Waals surface area (Å²) in [6.07, 6.45) is -3.44. The Balaban J connectivity index is 1.46. The summed E-state index contributed by atoms with van der Waals surface area (Å²) < 4.78 is 62.2. The Kier molecular flexibility index (Phi) is 7.03. The molecule has 2 fully saturated rings. The molecule has 0 aliphatic carbocycles. The number of aromatic nitrogens is 1. The number of piperidine rings is 1. The molecule has 0 N–H and O–H groups in total. The fraction of sp³-hybridized carbons (Fsp3) is 0.455. The number of alkyl halides is 3. The molecule has 2 atom stereocenters. The Labute approximate surface area is 202 Å². The smallest absolute Gasteiger partial charge is 0.493 e. The van der Waals surface area contributed by atoms with E-state index in [1.807, 2.05) is 6.07 Å². The number of halogens is 3. The molecular weight excluding hydrogens is 467 g/mol. The van der Waals surface area contributed by atoms with Crippen molar-refractivity contribution in [1.82, 2.24) is 9.88 Å². The van der Waals surface area contributed by atoms with Crippen molar-refractivity contribution in [3.8, 4) is 11.5 Å². The van der Waals surface area contributed by atoms with Crippen molar-refractivity contribution in [3.05, 3.63) is 53.9 Å². The minimum Gasteiger partial charge on any atom is -0.493 e. The number of carbonyl (C=O) groups excluding carboxylic acids is 1. The van der Waals surface area contributed by atoms with E-state index in [4.69, 9.17) is 34.6 Å². The first kappa shape index (κ1) is 25.3. The lowest BCUT2D eigenvalue weighted by atomic mass is 9.76. The highest BCUT2D eigenvalue weighted by Crippen LogP contribution is 2.46. The Bertz CT molecular complexity index is 1060. The van der Waals surface area contributed by atoms with Crippen molar-refractivity contribution >= 4 is 21.6 Å². The van der Waals surface area contributed by atoms with Crippen molar-refractivity contribution in [2.75, 3.05) is 33.4 Å². The molecule has 0 bridgehead atoms. The zero-order valence-corrected chi connectivity index (χ0v) is 18.8. The fourth-order valence-corrected chi connectivity index (χ4v) is 4.24. The Morgan fingerprint density at radius 3 is 2.71 bits per heavy atom. The number of fused-ring (bicyclic) bond motifs is 1. The minimum atomic E-state index is -4.74. The van der Waals surface area contributed by atoms with Gasteiger partial charge in [-0.05, 0) is 30.3 Å². The maximum absolute atomic E-state index is 13.3. The van der Waals surface area contributed by atoms with Crippen LogP contribution in [0.2, 0.25) is 0 Å². The van der Waals surface area contributed by atoms with Crippen molar-refractivity contribution in [1.29, 1.82) is 0 Å². The van der Waals surface area contributed by atoms with Gasteiger partial charge < -0.3 is 23.8 Å². The second-order valence-electron chi connectivity index (χ2n) is 8.04. The first-order valence-corrected chi connectivity index (χ1v) is 10.7. The van der Waals surface area contributed by atoms with Gasteiger partial charge in [0.05, 0.1) is 31.5 Å². The van der Waals surface area contributed by atoms with Crippen LogP contribution in [0.5, 0.6) is 11.5 Å². The standard InChI is InChI=1S/C22H21B2F3N2O6/c1-31-16-12-14(5-6-15(16)32-10-11-33-22(25,26)27)19(30)29-9-7-20(17-4-2-3-8-28-17)18(13-29)34-21(23,24)35-20/h2-6,8,12,18H,7,9-11,13H2,1H3/t18?,20-/m1/s1. The van der Waals surface area contributed by atoms with Gasteiger partial charge in [-0.1, -0.05) is 6.07 Å². The number of ether oxygens (including phenoxy) is 5. The van der Waals surface area contributed by atoms with E-state index in [-0.39, 0.29) is 36.1 Å². The minimum absolute atomic E-state index is 0.140. The molecule has 13 heteroatoms. The molecule has 0 saturated carbocycles. The Morgan fingerprint density at radius 1 is 1.23 bits per heavy atom. The summed E-state index contributed by atoms with van der Waals surface area (Å²) in [5.41, 5.74) is -1.95. The second-order valence-corrected chi connectivity index (χ2v) is 8.04. The monoisotopic (exact) mass is 488 g/mol. The lowest BCUT2D eigenvalue weighted by molar-refractivity contribution is -0.325. The summed E-state index contributed by atoms with van der Waals surface area (Å²) in [7, 11) is 13.2. The molecule has 4 radical (unpaired) electrons. The first-order chi connectivity index (χ1) is 16.5. The van der Waals surface area contributed by atoms with Crippen molar-refractivity contribution < 1.29 is 41.7 Å². The zero-order chi connectivity index (χ0) is 25.3. The number of rotatable bonds is 7. The topological polar surface area (TPSA) is 79.4 Å². The number of pyridine rings is 1. The molecule has 2 saturated heterocycles. The molecule has 1 aromatic carbocycles. The molecule has 3 heterocycles. The third-order valence-electron chi connectivity index (χ3n) is 5.73. The van der Waals surface area contributed by atoms with Gasteiger partial charge in [0.1, 0.15) is 34.0 Å². The number of methoxy groups -OCH3 is 1. The number of amides is 1. The quantitative estimate of drug-likeness (QED) is 0.437. The van der Waals surface area contributed by atoms with Gasteiger partial charge >= 0.3 is 6.36 Å². The Hall–Kier alpha value is -2.76. The predicted octanol–water partition coefficient (Wildman–Crippen LogP) is 2.11. The van der Waals surface area contributed by atoms with Crippen molar-refractivity contribution in [2.24, 2.45) is 0 Å². The van der Waals surface area contributed by atoms with Crippen LogP contribution >= 0.6 is 0 Å². The molecule has 2 aliphatic heterocycles. The number of carbonyl (C=O) groups is 1. The fourth-order valence-electron chi connectivity index (χ4n) is 4.24. The molecule has 35 heavy (non-hydrogen) atoms. The molecule has 1 aromatic heterocycles. The Morgan fingerprint density at radius 2 is 2.03 bits per heavy atom. The molecule has 1 amide bonds. The average molecular weight is 488 g/mol. The summed E-state index contributed by atoms with van der Waals surface area (Å²) in [5.74, 6) is 0.0392. The van der Waals surface area contributed by atoms with E-state index in [1.165, 1.54) is 25.3 Å². The van der Waals surface area contributed by atoms with Crippen LogP contribution in [0, 0.1) is 0 Å². The third-order valence-corrected chi connectivity index (χ3v) is 5.73. The number of hydrogen-bond donors (Lipinski definition) is 0. The molecular formula is C22H21B2F3N2O6. The van der Waals surface area contributed by atoms with E-state index in [9.17, 15) is 18.0 Å². The van der Waals surface area contributed by atoms with E-state index in [2.05, 4.69) is 9.72 Å². The van der Waals surface area contributed by atoms with Gasteiger partial charge in [-0.25, -0.2) is 0 Å². The summed E-state index contributed by atoms with van der Waals surface area (Å²) in [5, 5.41) is 0. The largest absolute Gasteiger partial charge is 0.522 e. The summed E-state index contributed by atoms with van der Waals surface area (Å²) in [6, 6.07) is 9.76. The van der Waals surface area contributed by atoms with Gasteiger partial charge in [0.2, 0.25) is 0 Å². The lowest BCUT2D eigenvalue weighted by Crippen LogP contribution is -2.53. The molecule has 4 rings (SSSR count). The van der Waals surface area contributed by atoms with Gasteiger partial charge in [-0.15, -0.1) is 13.2 Å². The molecule has 2 aromatic rings. The number of benzene rings is 1. The van der Waals surface area contributed by atoms with E-state index in [1.54, 1.807) is 23.2 Å². The van der Waals surface area contributed by atoms with Crippen molar-refractivity contribution in [3.63, 3.8) is 0 Å². The average Bonchev–Trinajstić information content (AvgIpc) is 3.11. The second kappa shape index (κ2) is 9.71. The SMILES string of the molecule is [B]C1([B])OC2CN(C(=O)c3ccc(OCCOC(F)(F)F)c(OC)c3)CC[C@]2(c2ccccn2)O1. The zero-order valence-electron chi connectivity index (χ0n) is 18.8. The summed E-state index contributed by atoms with van der Waals surface area (Å²) in [4.78, 5) is 19.2. The predicted molar refractivity (Wildman–Crippen MR) is 117 cm³/mol. The van der Waals surface area contributed by atoms with E-state index >= 15 is 0 Å². The number of hydrogen-bond acceptors (Lipinski definition) is 7. The third kappa shape index (κ3) is 5.57. The van der Waals surface area contributed by atoms with Crippen LogP contribution in [0.3, 0.4) is 0 Å². The van der Waals surface area contributed by atoms with Crippen LogP contribution in [-0.2, 0) is 19.8 Å². The van der Waals surface area contributed by atoms with Crippen LogP contribution in [0.25, 0.3) is 0 Å². The molecule has 182 valence electrons. The van der Waals surface area contributed by atoms with Gasteiger partial charge in [-0.2, -0.15) is 0 Å². The first-order valence-electron chi connectivity index (χ1n) is 10.7. The van der Waals surface area contributed by atoms with Crippen LogP contribution in [0.4, 0.5) is 13.2 Å². The van der Waals surface area contributed by atoms with E-state index < -0.39 is 30.3 Å². The number of nitrogens with zero attached hydrogens (tertiary/aromatic N) is 2. The maximum Gasteiger partial charge on any atom is 0.522 e. The molecule has 0 spiro atoms.